The van der Waals surface area contributed by atoms with Gasteiger partial charge in [0.15, 0.2) is 0 Å². The van der Waals surface area contributed by atoms with Gasteiger partial charge in [-0.05, 0) is 30.7 Å². The van der Waals surface area contributed by atoms with Gasteiger partial charge >= 0.3 is 0 Å². The third-order valence-corrected chi connectivity index (χ3v) is 4.06. The number of nitrogens with zero attached hydrogens (tertiary/aromatic N) is 2. The van der Waals surface area contributed by atoms with Crippen molar-refractivity contribution < 1.29 is 17.7 Å². The zero-order valence-electron chi connectivity index (χ0n) is 13.6. The van der Waals surface area contributed by atoms with E-state index in [0.29, 0.717) is 28.0 Å². The van der Waals surface area contributed by atoms with Crippen molar-refractivity contribution in [3.8, 4) is 0 Å². The number of hydrogen-bond acceptors (Lipinski definition) is 6. The molecule has 2 aromatic heterocycles. The van der Waals surface area contributed by atoms with Gasteiger partial charge < -0.3 is 9.84 Å². The van der Waals surface area contributed by atoms with E-state index in [0.717, 1.165) is 11.8 Å². The fourth-order valence-electron chi connectivity index (χ4n) is 2.31. The molecule has 0 unspecified atom stereocenters. The van der Waals surface area contributed by atoms with E-state index in [1.807, 2.05) is 0 Å². The van der Waals surface area contributed by atoms with Crippen LogP contribution >= 0.6 is 0 Å². The number of benzene rings is 1. The number of fused-ring (bicyclic) bond motifs is 1. The van der Waals surface area contributed by atoms with Crippen molar-refractivity contribution in [2.45, 2.75) is 13.5 Å². The third-order valence-electron chi connectivity index (χ3n) is 3.46. The lowest BCUT2D eigenvalue weighted by Crippen LogP contribution is -2.23. The van der Waals surface area contributed by atoms with Gasteiger partial charge in [-0.1, -0.05) is 17.3 Å². The normalized spacial score (nSPS) is 11.4. The lowest BCUT2D eigenvalue weighted by Gasteiger charge is -2.08. The van der Waals surface area contributed by atoms with Crippen LogP contribution in [0.1, 0.15) is 21.6 Å². The zero-order valence-corrected chi connectivity index (χ0v) is 14.4. The summed E-state index contributed by atoms with van der Waals surface area (Å²) in [7, 11) is -3.35. The van der Waals surface area contributed by atoms with Gasteiger partial charge in [0.1, 0.15) is 0 Å². The number of aromatic nitrogens is 2. The Morgan fingerprint density at radius 1 is 1.28 bits per heavy atom. The van der Waals surface area contributed by atoms with E-state index >= 15 is 0 Å². The first-order chi connectivity index (χ1) is 11.8. The highest BCUT2D eigenvalue weighted by Gasteiger charge is 2.11. The van der Waals surface area contributed by atoms with Crippen LogP contribution in [-0.2, 0) is 16.6 Å². The topological polar surface area (TPSA) is 114 Å². The fourth-order valence-corrected chi connectivity index (χ4v) is 2.87. The van der Waals surface area contributed by atoms with E-state index in [1.165, 1.54) is 6.20 Å². The van der Waals surface area contributed by atoms with Crippen LogP contribution in [-0.4, -0.2) is 30.7 Å². The fraction of sp³-hybridized carbons (Fsp3) is 0.188. The maximum Gasteiger partial charge on any atom is 0.257 e. The van der Waals surface area contributed by atoms with Crippen LogP contribution in [0.2, 0.25) is 0 Å². The molecule has 0 aliphatic heterocycles. The van der Waals surface area contributed by atoms with Crippen LogP contribution in [0, 0.1) is 6.92 Å². The van der Waals surface area contributed by atoms with E-state index in [1.54, 1.807) is 37.3 Å². The van der Waals surface area contributed by atoms with E-state index in [-0.39, 0.29) is 12.5 Å². The minimum Gasteiger partial charge on any atom is -0.348 e. The van der Waals surface area contributed by atoms with Crippen LogP contribution in [0.5, 0.6) is 0 Å². The molecule has 2 N–H and O–H groups in total. The second-order valence-electron chi connectivity index (χ2n) is 5.60. The van der Waals surface area contributed by atoms with Gasteiger partial charge in [-0.25, -0.2) is 13.4 Å². The Morgan fingerprint density at radius 3 is 2.84 bits per heavy atom. The van der Waals surface area contributed by atoms with Crippen LogP contribution in [0.15, 0.2) is 41.1 Å². The number of rotatable bonds is 5. The minimum absolute atomic E-state index is 0.249. The first-order valence-corrected chi connectivity index (χ1v) is 9.28. The minimum atomic E-state index is -3.35. The molecule has 9 heteroatoms. The number of carbonyl (C=O) groups is 1. The van der Waals surface area contributed by atoms with Crippen molar-refractivity contribution in [1.82, 2.24) is 15.5 Å². The number of amides is 1. The van der Waals surface area contributed by atoms with E-state index in [4.69, 9.17) is 4.52 Å². The van der Waals surface area contributed by atoms with E-state index in [9.17, 15) is 13.2 Å². The number of carbonyl (C=O) groups excluding carboxylic acids is 1. The predicted molar refractivity (Wildman–Crippen MR) is 92.6 cm³/mol. The van der Waals surface area contributed by atoms with Crippen LogP contribution in [0.4, 0.5) is 5.69 Å². The number of hydrogen-bond donors (Lipinski definition) is 2. The van der Waals surface area contributed by atoms with Gasteiger partial charge in [-0.15, -0.1) is 0 Å². The molecular weight excluding hydrogens is 344 g/mol. The molecule has 0 spiro atoms. The lowest BCUT2D eigenvalue weighted by atomic mass is 10.2. The number of anilines is 1. The van der Waals surface area contributed by atoms with E-state index in [2.05, 4.69) is 20.2 Å². The Morgan fingerprint density at radius 2 is 2.08 bits per heavy atom. The molecule has 0 fully saturated rings. The molecule has 1 amide bonds. The Hall–Kier alpha value is -2.94. The molecule has 3 rings (SSSR count). The first kappa shape index (κ1) is 16.9. The summed E-state index contributed by atoms with van der Waals surface area (Å²) in [4.78, 5) is 16.4. The van der Waals surface area contributed by atoms with Crippen molar-refractivity contribution in [2.24, 2.45) is 0 Å². The first-order valence-electron chi connectivity index (χ1n) is 7.39. The van der Waals surface area contributed by atoms with Gasteiger partial charge in [-0.2, -0.15) is 0 Å². The summed E-state index contributed by atoms with van der Waals surface area (Å²) < 4.78 is 30.0. The average molecular weight is 360 g/mol. The summed E-state index contributed by atoms with van der Waals surface area (Å²) >= 11 is 0. The predicted octanol–water partition coefficient (Wildman–Crippen LogP) is 1.83. The number of pyridine rings is 1. The summed E-state index contributed by atoms with van der Waals surface area (Å²) in [5.41, 5.74) is 2.64. The molecule has 8 nitrogen and oxygen atoms in total. The van der Waals surface area contributed by atoms with E-state index < -0.39 is 10.0 Å². The summed E-state index contributed by atoms with van der Waals surface area (Å²) in [5.74, 6) is -0.295. The smallest absolute Gasteiger partial charge is 0.257 e. The third kappa shape index (κ3) is 4.13. The Balaban J connectivity index is 1.71. The standard InChI is InChI=1S/C16H16N4O4S/c1-10-14-7-12(9-18-16(14)24-19-10)15(21)17-8-11-4-3-5-13(6-11)20-25(2,22)23/h3-7,9,20H,8H2,1-2H3,(H,17,21). The molecule has 130 valence electrons. The van der Waals surface area contributed by atoms with Crippen LogP contribution < -0.4 is 10.0 Å². The molecular formula is C16H16N4O4S. The van der Waals surface area contributed by atoms with Gasteiger partial charge in [0.2, 0.25) is 10.0 Å². The molecule has 1 aromatic carbocycles. The molecule has 0 saturated heterocycles. The average Bonchev–Trinajstić information content (AvgIpc) is 2.92. The van der Waals surface area contributed by atoms with Gasteiger partial charge in [-0.3, -0.25) is 9.52 Å². The highest BCUT2D eigenvalue weighted by Crippen LogP contribution is 2.17. The molecule has 0 aliphatic carbocycles. The van der Waals surface area contributed by atoms with Crippen molar-refractivity contribution in [3.63, 3.8) is 0 Å². The Bertz CT molecular complexity index is 1040. The number of aryl methyl sites for hydroxylation is 1. The van der Waals surface area contributed by atoms with Crippen molar-refractivity contribution in [2.75, 3.05) is 11.0 Å². The number of sulfonamides is 1. The molecule has 0 radical (unpaired) electrons. The summed E-state index contributed by atoms with van der Waals surface area (Å²) in [5, 5.41) is 7.26. The lowest BCUT2D eigenvalue weighted by molar-refractivity contribution is 0.0950. The van der Waals surface area contributed by atoms with Crippen molar-refractivity contribution in [3.05, 3.63) is 53.3 Å². The summed E-state index contributed by atoms with van der Waals surface area (Å²) in [6.07, 6.45) is 2.50. The maximum atomic E-state index is 12.3. The van der Waals surface area contributed by atoms with Crippen LogP contribution in [0.3, 0.4) is 0 Å². The van der Waals surface area contributed by atoms with Crippen molar-refractivity contribution in [1.29, 1.82) is 0 Å². The molecule has 0 saturated carbocycles. The monoisotopic (exact) mass is 360 g/mol. The molecule has 25 heavy (non-hydrogen) atoms. The Labute approximate surface area is 144 Å². The van der Waals surface area contributed by atoms with Gasteiger partial charge in [0.05, 0.1) is 22.9 Å². The quantitative estimate of drug-likeness (QED) is 0.717. The van der Waals surface area contributed by atoms with Gasteiger partial charge in [0.25, 0.3) is 11.6 Å². The highest BCUT2D eigenvalue weighted by atomic mass is 32.2. The SMILES string of the molecule is Cc1noc2ncc(C(=O)NCc3cccc(NS(C)(=O)=O)c3)cc12. The second-order valence-corrected chi connectivity index (χ2v) is 7.35. The van der Waals surface area contributed by atoms with Gasteiger partial charge in [0, 0.05) is 18.4 Å². The summed E-state index contributed by atoms with van der Waals surface area (Å²) in [6, 6.07) is 8.47. The number of nitrogens with one attached hydrogen (secondary N) is 2. The Kier molecular flexibility index (Phi) is 4.41. The molecule has 3 aromatic rings. The van der Waals surface area contributed by atoms with Crippen molar-refractivity contribution >= 4 is 32.7 Å². The largest absolute Gasteiger partial charge is 0.348 e. The second kappa shape index (κ2) is 6.52. The van der Waals surface area contributed by atoms with Crippen LogP contribution in [0.25, 0.3) is 11.1 Å². The highest BCUT2D eigenvalue weighted by molar-refractivity contribution is 7.92. The molecule has 2 heterocycles. The molecule has 0 aliphatic rings. The molecule has 0 atom stereocenters. The summed E-state index contributed by atoms with van der Waals surface area (Å²) in [6.45, 7) is 2.02. The zero-order chi connectivity index (χ0) is 18.0. The molecule has 0 bridgehead atoms. The maximum absolute atomic E-state index is 12.3.